The number of hydrogen-bond acceptors (Lipinski definition) is 6. The van der Waals surface area contributed by atoms with E-state index in [4.69, 9.17) is 4.74 Å². The van der Waals surface area contributed by atoms with E-state index in [-0.39, 0.29) is 17.7 Å². The van der Waals surface area contributed by atoms with Crippen molar-refractivity contribution in [1.82, 2.24) is 25.1 Å². The summed E-state index contributed by atoms with van der Waals surface area (Å²) in [6, 6.07) is 11.6. The predicted octanol–water partition coefficient (Wildman–Crippen LogP) is 3.34. The van der Waals surface area contributed by atoms with Crippen LogP contribution in [-0.2, 0) is 4.79 Å². The van der Waals surface area contributed by atoms with Crippen LogP contribution >= 0.6 is 11.8 Å². The molecule has 0 unspecified atom stereocenters. The highest BCUT2D eigenvalue weighted by atomic mass is 32.2. The minimum absolute atomic E-state index is 0.0255. The largest absolute Gasteiger partial charge is 0.497 e. The lowest BCUT2D eigenvalue weighted by atomic mass is 10.2. The first-order valence-corrected chi connectivity index (χ1v) is 10.0. The molecule has 8 heteroatoms. The van der Waals surface area contributed by atoms with Crippen LogP contribution < -0.4 is 10.1 Å². The van der Waals surface area contributed by atoms with Crippen molar-refractivity contribution in [1.29, 1.82) is 0 Å². The van der Waals surface area contributed by atoms with Gasteiger partial charge in [0, 0.05) is 30.1 Å². The van der Waals surface area contributed by atoms with Gasteiger partial charge in [-0.15, -0.1) is 10.2 Å². The first-order chi connectivity index (χ1) is 13.6. The zero-order chi connectivity index (χ0) is 19.9. The van der Waals surface area contributed by atoms with Crippen LogP contribution in [0.15, 0.2) is 53.9 Å². The number of hydrogen-bond donors (Lipinski definition) is 1. The molecule has 0 saturated heterocycles. The molecule has 0 aliphatic rings. The van der Waals surface area contributed by atoms with Gasteiger partial charge < -0.3 is 10.1 Å². The van der Waals surface area contributed by atoms with Gasteiger partial charge in [0.15, 0.2) is 11.0 Å². The Morgan fingerprint density at radius 1 is 1.29 bits per heavy atom. The number of rotatable bonds is 8. The average Bonchev–Trinajstić information content (AvgIpc) is 3.16. The first-order valence-electron chi connectivity index (χ1n) is 9.04. The number of ether oxygens (including phenoxy) is 1. The van der Waals surface area contributed by atoms with Gasteiger partial charge >= 0.3 is 0 Å². The molecule has 1 aromatic carbocycles. The summed E-state index contributed by atoms with van der Waals surface area (Å²) in [5.41, 5.74) is 1.70. The van der Waals surface area contributed by atoms with E-state index in [0.29, 0.717) is 11.0 Å². The Bertz CT molecular complexity index is 929. The molecule has 0 radical (unpaired) electrons. The van der Waals surface area contributed by atoms with Crippen LogP contribution in [0.5, 0.6) is 5.75 Å². The van der Waals surface area contributed by atoms with Gasteiger partial charge in [0.25, 0.3) is 0 Å². The van der Waals surface area contributed by atoms with Gasteiger partial charge in [0.2, 0.25) is 5.91 Å². The van der Waals surface area contributed by atoms with Crippen LogP contribution in [0.1, 0.15) is 20.3 Å². The number of pyridine rings is 1. The van der Waals surface area contributed by atoms with E-state index in [1.807, 2.05) is 54.8 Å². The summed E-state index contributed by atoms with van der Waals surface area (Å²) in [4.78, 5) is 16.4. The standard InChI is InChI=1S/C20H23N5O2S/c1-4-14(2)22-18(26)13-28-20-24-23-19(15-7-6-10-21-12-15)25(20)16-8-5-9-17(11-16)27-3/h5-12,14H,4,13H2,1-3H3,(H,22,26)/t14-/m1/s1. The summed E-state index contributed by atoms with van der Waals surface area (Å²) < 4.78 is 7.27. The molecule has 3 rings (SSSR count). The molecule has 1 amide bonds. The van der Waals surface area contributed by atoms with Gasteiger partial charge in [-0.2, -0.15) is 0 Å². The Kier molecular flexibility index (Phi) is 6.65. The number of methoxy groups -OCH3 is 1. The van der Waals surface area contributed by atoms with Crippen molar-refractivity contribution in [3.8, 4) is 22.8 Å². The van der Waals surface area contributed by atoms with E-state index >= 15 is 0 Å². The normalized spacial score (nSPS) is 11.8. The second-order valence-electron chi connectivity index (χ2n) is 6.25. The van der Waals surface area contributed by atoms with Gasteiger partial charge in [-0.1, -0.05) is 24.8 Å². The number of thioether (sulfide) groups is 1. The van der Waals surface area contributed by atoms with E-state index < -0.39 is 0 Å². The zero-order valence-electron chi connectivity index (χ0n) is 16.1. The quantitative estimate of drug-likeness (QED) is 0.587. The molecular weight excluding hydrogens is 374 g/mol. The second-order valence-corrected chi connectivity index (χ2v) is 7.19. The van der Waals surface area contributed by atoms with Gasteiger partial charge in [-0.3, -0.25) is 14.3 Å². The zero-order valence-corrected chi connectivity index (χ0v) is 16.9. The van der Waals surface area contributed by atoms with Crippen molar-refractivity contribution in [2.24, 2.45) is 0 Å². The monoisotopic (exact) mass is 397 g/mol. The van der Waals surface area contributed by atoms with Crippen LogP contribution in [0, 0.1) is 0 Å². The van der Waals surface area contributed by atoms with E-state index in [1.165, 1.54) is 11.8 Å². The van der Waals surface area contributed by atoms with Gasteiger partial charge in [-0.05, 0) is 37.6 Å². The Hall–Kier alpha value is -2.87. The fraction of sp³-hybridized carbons (Fsp3) is 0.300. The minimum atomic E-state index is -0.0255. The van der Waals surface area contributed by atoms with Crippen LogP contribution in [0.3, 0.4) is 0 Å². The lowest BCUT2D eigenvalue weighted by molar-refractivity contribution is -0.119. The summed E-state index contributed by atoms with van der Waals surface area (Å²) in [5, 5.41) is 12.3. The fourth-order valence-electron chi connectivity index (χ4n) is 2.58. The Morgan fingerprint density at radius 3 is 2.86 bits per heavy atom. The van der Waals surface area contributed by atoms with Crippen LogP contribution in [0.4, 0.5) is 0 Å². The smallest absolute Gasteiger partial charge is 0.230 e. The van der Waals surface area contributed by atoms with Crippen LogP contribution in [-0.4, -0.2) is 44.6 Å². The number of nitrogens with zero attached hydrogens (tertiary/aromatic N) is 4. The highest BCUT2D eigenvalue weighted by molar-refractivity contribution is 7.99. The van der Waals surface area contributed by atoms with Crippen molar-refractivity contribution in [3.63, 3.8) is 0 Å². The lowest BCUT2D eigenvalue weighted by Crippen LogP contribution is -2.33. The molecule has 0 spiro atoms. The molecule has 0 saturated carbocycles. The third kappa shape index (κ3) is 4.69. The maximum Gasteiger partial charge on any atom is 0.230 e. The van der Waals surface area contributed by atoms with Gasteiger partial charge in [0.05, 0.1) is 18.6 Å². The lowest BCUT2D eigenvalue weighted by Gasteiger charge is -2.13. The third-order valence-corrected chi connectivity index (χ3v) is 5.15. The van der Waals surface area contributed by atoms with E-state index in [2.05, 4.69) is 20.5 Å². The van der Waals surface area contributed by atoms with Crippen molar-refractivity contribution < 1.29 is 9.53 Å². The topological polar surface area (TPSA) is 81.9 Å². The van der Waals surface area contributed by atoms with Crippen LogP contribution in [0.25, 0.3) is 17.1 Å². The molecule has 2 heterocycles. The molecular formula is C20H23N5O2S. The maximum atomic E-state index is 12.2. The van der Waals surface area contributed by atoms with Crippen molar-refractivity contribution >= 4 is 17.7 Å². The van der Waals surface area contributed by atoms with Crippen molar-refractivity contribution in [2.45, 2.75) is 31.5 Å². The average molecular weight is 398 g/mol. The molecule has 7 nitrogen and oxygen atoms in total. The highest BCUT2D eigenvalue weighted by Crippen LogP contribution is 2.29. The summed E-state index contributed by atoms with van der Waals surface area (Å²) >= 11 is 1.35. The Balaban J connectivity index is 1.94. The van der Waals surface area contributed by atoms with Gasteiger partial charge in [0.1, 0.15) is 5.75 Å². The SMILES string of the molecule is CC[C@@H](C)NC(=O)CSc1nnc(-c2cccnc2)n1-c1cccc(OC)c1. The third-order valence-electron chi connectivity index (χ3n) is 4.22. The summed E-state index contributed by atoms with van der Waals surface area (Å²) in [6.07, 6.45) is 4.34. The van der Waals surface area contributed by atoms with Crippen molar-refractivity contribution in [2.75, 3.05) is 12.9 Å². The highest BCUT2D eigenvalue weighted by Gasteiger charge is 2.18. The van der Waals surface area contributed by atoms with Gasteiger partial charge in [-0.25, -0.2) is 0 Å². The molecule has 0 fully saturated rings. The molecule has 28 heavy (non-hydrogen) atoms. The maximum absolute atomic E-state index is 12.2. The van der Waals surface area contributed by atoms with E-state index in [9.17, 15) is 4.79 Å². The number of aromatic nitrogens is 4. The number of carbonyl (C=O) groups is 1. The van der Waals surface area contributed by atoms with E-state index in [1.54, 1.807) is 19.5 Å². The molecule has 0 bridgehead atoms. The number of nitrogens with one attached hydrogen (secondary N) is 1. The number of carbonyl (C=O) groups excluding carboxylic acids is 1. The Morgan fingerprint density at radius 2 is 2.14 bits per heavy atom. The first kappa shape index (κ1) is 19.9. The van der Waals surface area contributed by atoms with E-state index in [0.717, 1.165) is 23.4 Å². The number of amides is 1. The predicted molar refractivity (Wildman–Crippen MR) is 110 cm³/mol. The molecule has 146 valence electrons. The molecule has 2 aromatic heterocycles. The summed E-state index contributed by atoms with van der Waals surface area (Å²) in [5.74, 6) is 1.63. The summed E-state index contributed by atoms with van der Waals surface area (Å²) in [7, 11) is 1.63. The molecule has 0 aliphatic carbocycles. The number of benzene rings is 1. The Labute approximate surface area is 168 Å². The van der Waals surface area contributed by atoms with Crippen molar-refractivity contribution in [3.05, 3.63) is 48.8 Å². The fourth-order valence-corrected chi connectivity index (χ4v) is 3.34. The molecule has 3 aromatic rings. The molecule has 1 atom stereocenters. The molecule has 0 aliphatic heterocycles. The second kappa shape index (κ2) is 9.36. The summed E-state index contributed by atoms with van der Waals surface area (Å²) in [6.45, 7) is 4.03. The molecule has 1 N–H and O–H groups in total. The van der Waals surface area contributed by atoms with Crippen LogP contribution in [0.2, 0.25) is 0 Å². The minimum Gasteiger partial charge on any atom is -0.497 e.